The molecule has 2 aliphatic heterocycles. The Bertz CT molecular complexity index is 1540. The van der Waals surface area contributed by atoms with Crippen LogP contribution in [0.15, 0.2) is 67.1 Å². The maximum atomic E-state index is 14.2. The summed E-state index contributed by atoms with van der Waals surface area (Å²) >= 11 is 0. The zero-order valence-corrected chi connectivity index (χ0v) is 26.0. The molecule has 0 unspecified atom stereocenters. The number of benzene rings is 1. The maximum Gasteiger partial charge on any atom is 0.410 e. The molecule has 2 fully saturated rings. The van der Waals surface area contributed by atoms with Crippen molar-refractivity contribution in [3.63, 3.8) is 0 Å². The highest BCUT2D eigenvalue weighted by Gasteiger charge is 2.55. The van der Waals surface area contributed by atoms with Gasteiger partial charge in [0.2, 0.25) is 0 Å². The van der Waals surface area contributed by atoms with E-state index in [9.17, 15) is 9.59 Å². The van der Waals surface area contributed by atoms with Crippen molar-refractivity contribution in [2.75, 3.05) is 40.4 Å². The summed E-state index contributed by atoms with van der Waals surface area (Å²) in [7, 11) is 5.36. The lowest BCUT2D eigenvalue weighted by Gasteiger charge is -2.43. The molecule has 10 nitrogen and oxygen atoms in total. The normalized spacial score (nSPS) is 17.2. The van der Waals surface area contributed by atoms with Crippen LogP contribution >= 0.6 is 0 Å². The van der Waals surface area contributed by atoms with Gasteiger partial charge in [-0.25, -0.2) is 4.79 Å². The zero-order valence-electron chi connectivity index (χ0n) is 26.0. The Morgan fingerprint density at radius 3 is 2.47 bits per heavy atom. The number of carbonyl (C=O) groups is 2. The summed E-state index contributed by atoms with van der Waals surface area (Å²) in [5, 5.41) is 4.58. The summed E-state index contributed by atoms with van der Waals surface area (Å²) in [6, 6.07) is 5.73. The van der Waals surface area contributed by atoms with Crippen molar-refractivity contribution in [3.05, 3.63) is 72.6 Å². The highest BCUT2D eigenvalue weighted by Crippen LogP contribution is 2.47. The van der Waals surface area contributed by atoms with E-state index < -0.39 is 11.1 Å². The van der Waals surface area contributed by atoms with E-state index in [1.807, 2.05) is 69.1 Å². The Balaban J connectivity index is 1.51. The number of piperazine rings is 1. The number of carbonyl (C=O) groups excluding carboxylic acids is 2. The van der Waals surface area contributed by atoms with Crippen LogP contribution in [0.2, 0.25) is 0 Å². The molecule has 0 radical (unpaired) electrons. The molecule has 3 heterocycles. The number of aromatic nitrogens is 2. The molecule has 1 spiro atoms. The predicted molar refractivity (Wildman–Crippen MR) is 165 cm³/mol. The molecule has 3 aliphatic rings. The minimum atomic E-state index is -0.586. The number of hydrogen-bond acceptors (Lipinski definition) is 7. The van der Waals surface area contributed by atoms with Crippen LogP contribution in [0.5, 0.6) is 11.5 Å². The predicted octanol–water partition coefficient (Wildman–Crippen LogP) is 5.00. The molecular weight excluding hydrogens is 546 g/mol. The molecule has 0 N–H and O–H groups in total. The lowest BCUT2D eigenvalue weighted by molar-refractivity contribution is -0.132. The van der Waals surface area contributed by atoms with E-state index >= 15 is 0 Å². The molecule has 228 valence electrons. The Morgan fingerprint density at radius 1 is 1.16 bits per heavy atom. The molecular formula is C33H41N5O5. The lowest BCUT2D eigenvalue weighted by atomic mass is 9.93. The molecule has 2 amide bonds. The molecule has 0 bridgehead atoms. The van der Waals surface area contributed by atoms with Crippen LogP contribution in [0.1, 0.15) is 39.2 Å². The van der Waals surface area contributed by atoms with E-state index in [1.54, 1.807) is 22.8 Å². The van der Waals surface area contributed by atoms with Crippen LogP contribution in [0.4, 0.5) is 4.79 Å². The largest absolute Gasteiger partial charge is 0.496 e. The molecule has 1 saturated heterocycles. The van der Waals surface area contributed by atoms with Gasteiger partial charge in [-0.3, -0.25) is 9.48 Å². The number of likely N-dealkylation sites (N-methyl/N-ethyl adjacent to an activating group) is 1. The minimum Gasteiger partial charge on any atom is -0.496 e. The number of fused-ring (bicyclic) bond motifs is 1. The van der Waals surface area contributed by atoms with E-state index in [-0.39, 0.29) is 18.6 Å². The summed E-state index contributed by atoms with van der Waals surface area (Å²) in [5.74, 6) is 1.07. The van der Waals surface area contributed by atoms with Crippen molar-refractivity contribution in [1.29, 1.82) is 0 Å². The fourth-order valence-corrected chi connectivity index (χ4v) is 5.71. The Hall–Kier alpha value is -4.47. The van der Waals surface area contributed by atoms with E-state index in [2.05, 4.69) is 24.8 Å². The number of nitrogens with zero attached hydrogens (tertiary/aromatic N) is 5. The van der Waals surface area contributed by atoms with Gasteiger partial charge in [-0.2, -0.15) is 5.10 Å². The van der Waals surface area contributed by atoms with Crippen LogP contribution in [0.3, 0.4) is 0 Å². The second-order valence-corrected chi connectivity index (χ2v) is 12.4. The van der Waals surface area contributed by atoms with Crippen molar-refractivity contribution in [2.24, 2.45) is 7.05 Å². The first-order valence-electron chi connectivity index (χ1n) is 14.4. The first-order valence-corrected chi connectivity index (χ1v) is 14.4. The van der Waals surface area contributed by atoms with E-state index in [1.165, 1.54) is 0 Å². The third kappa shape index (κ3) is 5.66. The van der Waals surface area contributed by atoms with Gasteiger partial charge >= 0.3 is 6.09 Å². The number of amides is 2. The Morgan fingerprint density at radius 2 is 1.88 bits per heavy atom. The third-order valence-electron chi connectivity index (χ3n) is 8.20. The Labute approximate surface area is 253 Å². The second kappa shape index (κ2) is 11.0. The van der Waals surface area contributed by atoms with Crippen LogP contribution in [-0.2, 0) is 16.6 Å². The summed E-state index contributed by atoms with van der Waals surface area (Å²) in [6.45, 7) is 19.3. The summed E-state index contributed by atoms with van der Waals surface area (Å²) in [5.41, 5.74) is 3.69. The van der Waals surface area contributed by atoms with Gasteiger partial charge in [-0.15, -0.1) is 0 Å². The molecule has 1 aliphatic carbocycles. The Kier molecular flexibility index (Phi) is 7.66. The maximum absolute atomic E-state index is 14.2. The van der Waals surface area contributed by atoms with Crippen molar-refractivity contribution < 1.29 is 23.8 Å². The van der Waals surface area contributed by atoms with Crippen molar-refractivity contribution >= 4 is 17.7 Å². The van der Waals surface area contributed by atoms with Gasteiger partial charge in [-0.05, 0) is 51.8 Å². The van der Waals surface area contributed by atoms with Crippen LogP contribution in [-0.4, -0.2) is 88.0 Å². The van der Waals surface area contributed by atoms with E-state index in [0.717, 1.165) is 35.4 Å². The van der Waals surface area contributed by atoms with Crippen molar-refractivity contribution in [2.45, 2.75) is 44.8 Å². The molecule has 5 rings (SSSR count). The number of allylic oxidation sites excluding steroid dienone is 1. The summed E-state index contributed by atoms with van der Waals surface area (Å²) in [4.78, 5) is 32.5. The minimum absolute atomic E-state index is 0.138. The average molecular weight is 588 g/mol. The van der Waals surface area contributed by atoms with Crippen molar-refractivity contribution in [1.82, 2.24) is 24.5 Å². The number of ether oxygens (including phenoxy) is 3. The molecule has 10 heteroatoms. The number of hydrogen-bond donors (Lipinski definition) is 0. The second-order valence-electron chi connectivity index (χ2n) is 12.4. The van der Waals surface area contributed by atoms with Gasteiger partial charge in [0, 0.05) is 74.0 Å². The lowest BCUT2D eigenvalue weighted by Crippen LogP contribution is -2.59. The van der Waals surface area contributed by atoms with Gasteiger partial charge in [0.1, 0.15) is 23.7 Å². The first kappa shape index (κ1) is 30.0. The van der Waals surface area contributed by atoms with E-state index in [0.29, 0.717) is 48.0 Å². The molecule has 1 saturated carbocycles. The third-order valence-corrected chi connectivity index (χ3v) is 8.20. The number of rotatable bonds is 7. The number of methoxy groups -OCH3 is 1. The van der Waals surface area contributed by atoms with Gasteiger partial charge in [-0.1, -0.05) is 19.7 Å². The van der Waals surface area contributed by atoms with Gasteiger partial charge in [0.15, 0.2) is 0 Å². The van der Waals surface area contributed by atoms with Crippen molar-refractivity contribution in [3.8, 4) is 22.8 Å². The SMILES string of the molecule is C=CC(=C)N(C)C1=C(C(=C)C(=O)N2CCN(C(=O)OC(C)(C)C)CC23CC3)COc2cc(OC)c(-c3ccn(C)n3)cc21. The summed E-state index contributed by atoms with van der Waals surface area (Å²) < 4.78 is 19.3. The topological polar surface area (TPSA) is 89.4 Å². The van der Waals surface area contributed by atoms with Gasteiger partial charge < -0.3 is 28.9 Å². The first-order chi connectivity index (χ1) is 20.3. The van der Waals surface area contributed by atoms with Gasteiger partial charge in [0.05, 0.1) is 24.0 Å². The fourth-order valence-electron chi connectivity index (χ4n) is 5.71. The quantitative estimate of drug-likeness (QED) is 0.333. The van der Waals surface area contributed by atoms with Crippen LogP contribution in [0, 0.1) is 0 Å². The fraction of sp³-hybridized carbons (Fsp3) is 0.424. The number of aryl methyl sites for hydroxylation is 1. The highest BCUT2D eigenvalue weighted by molar-refractivity contribution is 6.01. The van der Waals surface area contributed by atoms with Crippen LogP contribution in [0.25, 0.3) is 17.0 Å². The molecule has 1 aromatic carbocycles. The smallest absolute Gasteiger partial charge is 0.410 e. The summed E-state index contributed by atoms with van der Waals surface area (Å²) in [6.07, 6.45) is 4.82. The van der Waals surface area contributed by atoms with E-state index in [4.69, 9.17) is 14.2 Å². The molecule has 43 heavy (non-hydrogen) atoms. The monoisotopic (exact) mass is 587 g/mol. The zero-order chi connectivity index (χ0) is 31.3. The van der Waals surface area contributed by atoms with Gasteiger partial charge in [0.25, 0.3) is 5.91 Å². The molecule has 2 aromatic rings. The highest BCUT2D eigenvalue weighted by atomic mass is 16.6. The molecule has 1 aromatic heterocycles. The van der Waals surface area contributed by atoms with Crippen LogP contribution < -0.4 is 9.47 Å². The molecule has 0 atom stereocenters. The standard InChI is InChI=1S/C33H41N5O5/c1-10-21(2)36(8)29-24-17-23(26-11-14-35(7)34-26)27(41-9)18-28(24)42-19-25(29)22(3)30(39)38-16-15-37(20-33(38)12-13-33)31(40)43-32(4,5)6/h10-11,14,17-18H,1-3,12-13,15-16,19-20H2,4-9H3. The average Bonchev–Trinajstić information content (AvgIpc) is 3.59.